The highest BCUT2D eigenvalue weighted by molar-refractivity contribution is 5.90. The Bertz CT molecular complexity index is 994. The van der Waals surface area contributed by atoms with Gasteiger partial charge in [0.1, 0.15) is 5.82 Å². The summed E-state index contributed by atoms with van der Waals surface area (Å²) in [7, 11) is 4.01. The van der Waals surface area contributed by atoms with Gasteiger partial charge in [0.2, 0.25) is 11.9 Å². The van der Waals surface area contributed by atoms with Crippen molar-refractivity contribution in [1.82, 2.24) is 25.3 Å². The molecule has 31 heavy (non-hydrogen) atoms. The van der Waals surface area contributed by atoms with Crippen LogP contribution in [0.15, 0.2) is 36.8 Å². The SMILES string of the molecule is CN(C)c1nc(N[C@H]2CC[C@@H](CNC(=O)CCc3c[nH]cn3)CC2)nc2ccccc12. The third-order valence-electron chi connectivity index (χ3n) is 5.94. The van der Waals surface area contributed by atoms with E-state index in [1.54, 1.807) is 6.33 Å². The van der Waals surface area contributed by atoms with Gasteiger partial charge < -0.3 is 20.5 Å². The molecular formula is C23H31N7O. The van der Waals surface area contributed by atoms with Crippen LogP contribution in [0.3, 0.4) is 0 Å². The highest BCUT2D eigenvalue weighted by Gasteiger charge is 2.22. The molecule has 2 heterocycles. The average molecular weight is 422 g/mol. The number of nitrogens with zero attached hydrogens (tertiary/aromatic N) is 4. The zero-order valence-electron chi connectivity index (χ0n) is 18.3. The molecule has 0 spiro atoms. The molecule has 0 aliphatic heterocycles. The summed E-state index contributed by atoms with van der Waals surface area (Å²) < 4.78 is 0. The van der Waals surface area contributed by atoms with Gasteiger partial charge in [0.05, 0.1) is 17.5 Å². The number of imidazole rings is 1. The van der Waals surface area contributed by atoms with Crippen LogP contribution in [0.5, 0.6) is 0 Å². The van der Waals surface area contributed by atoms with Gasteiger partial charge in [0, 0.05) is 44.7 Å². The molecule has 8 nitrogen and oxygen atoms in total. The Labute approximate surface area is 182 Å². The maximum Gasteiger partial charge on any atom is 0.225 e. The fourth-order valence-corrected chi connectivity index (χ4v) is 4.17. The van der Waals surface area contributed by atoms with E-state index in [0.717, 1.165) is 54.6 Å². The van der Waals surface area contributed by atoms with E-state index in [1.165, 1.54) is 0 Å². The predicted octanol–water partition coefficient (Wildman–Crippen LogP) is 3.14. The zero-order valence-corrected chi connectivity index (χ0v) is 18.3. The van der Waals surface area contributed by atoms with Gasteiger partial charge in [0.25, 0.3) is 0 Å². The predicted molar refractivity (Wildman–Crippen MR) is 123 cm³/mol. The van der Waals surface area contributed by atoms with E-state index in [1.807, 2.05) is 43.4 Å². The summed E-state index contributed by atoms with van der Waals surface area (Å²) in [6, 6.07) is 8.47. The van der Waals surface area contributed by atoms with Crippen LogP contribution in [0.4, 0.5) is 11.8 Å². The maximum absolute atomic E-state index is 12.1. The molecule has 1 aliphatic rings. The number of carbonyl (C=O) groups excluding carboxylic acids is 1. The quantitative estimate of drug-likeness (QED) is 0.517. The third kappa shape index (κ3) is 5.51. The van der Waals surface area contributed by atoms with Crippen LogP contribution in [0.1, 0.15) is 37.8 Å². The fraction of sp³-hybridized carbons (Fsp3) is 0.478. The molecule has 1 aromatic carbocycles. The first-order chi connectivity index (χ1) is 15.1. The molecule has 1 aliphatic carbocycles. The number of H-pyrrole nitrogens is 1. The van der Waals surface area contributed by atoms with E-state index in [2.05, 4.69) is 26.7 Å². The summed E-state index contributed by atoms with van der Waals surface area (Å²) in [6.45, 7) is 0.753. The van der Waals surface area contributed by atoms with Crippen LogP contribution in [-0.2, 0) is 11.2 Å². The lowest BCUT2D eigenvalue weighted by atomic mass is 9.86. The first-order valence-corrected chi connectivity index (χ1v) is 11.0. The number of para-hydroxylation sites is 1. The van der Waals surface area contributed by atoms with Gasteiger partial charge in [-0.05, 0) is 50.2 Å². The minimum atomic E-state index is 0.101. The Kier molecular flexibility index (Phi) is 6.64. The lowest BCUT2D eigenvalue weighted by molar-refractivity contribution is -0.121. The molecular weight excluding hydrogens is 390 g/mol. The minimum Gasteiger partial charge on any atom is -0.362 e. The van der Waals surface area contributed by atoms with Crippen molar-refractivity contribution in [3.05, 3.63) is 42.5 Å². The minimum absolute atomic E-state index is 0.101. The average Bonchev–Trinajstić information content (AvgIpc) is 3.30. The lowest BCUT2D eigenvalue weighted by Gasteiger charge is -2.29. The molecule has 8 heteroatoms. The Hall–Kier alpha value is -3.16. The molecule has 2 aromatic heterocycles. The largest absolute Gasteiger partial charge is 0.362 e. The normalized spacial score (nSPS) is 18.6. The van der Waals surface area contributed by atoms with Crippen molar-refractivity contribution in [1.29, 1.82) is 0 Å². The van der Waals surface area contributed by atoms with Gasteiger partial charge >= 0.3 is 0 Å². The van der Waals surface area contributed by atoms with E-state index in [0.29, 0.717) is 30.7 Å². The second-order valence-electron chi connectivity index (χ2n) is 8.51. The molecule has 3 N–H and O–H groups in total. The van der Waals surface area contributed by atoms with E-state index in [-0.39, 0.29) is 5.91 Å². The topological polar surface area (TPSA) is 98.8 Å². The molecule has 164 valence electrons. The van der Waals surface area contributed by atoms with Crippen molar-refractivity contribution in [3.63, 3.8) is 0 Å². The maximum atomic E-state index is 12.1. The standard InChI is InChI=1S/C23H31N7O/c1-30(2)22-19-5-3-4-6-20(19)28-23(29-22)27-17-9-7-16(8-10-17)13-25-21(31)12-11-18-14-24-15-26-18/h3-6,14-17H,7-13H2,1-2H3,(H,24,26)(H,25,31)(H,27,28,29)/t16-,17+. The number of hydrogen-bond donors (Lipinski definition) is 3. The van der Waals surface area contributed by atoms with Gasteiger partial charge in [-0.2, -0.15) is 4.98 Å². The Morgan fingerprint density at radius 3 is 2.71 bits per heavy atom. The lowest BCUT2D eigenvalue weighted by Crippen LogP contribution is -2.34. The van der Waals surface area contributed by atoms with Crippen molar-refractivity contribution in [2.24, 2.45) is 5.92 Å². The van der Waals surface area contributed by atoms with Crippen LogP contribution in [0.25, 0.3) is 10.9 Å². The van der Waals surface area contributed by atoms with Gasteiger partial charge in [-0.1, -0.05) is 12.1 Å². The molecule has 3 aromatic rings. The van der Waals surface area contributed by atoms with Gasteiger partial charge in [-0.15, -0.1) is 0 Å². The summed E-state index contributed by atoms with van der Waals surface area (Å²) in [6.07, 6.45) is 8.92. The Morgan fingerprint density at radius 1 is 1.16 bits per heavy atom. The zero-order chi connectivity index (χ0) is 21.6. The molecule has 1 fully saturated rings. The van der Waals surface area contributed by atoms with Gasteiger partial charge in [-0.3, -0.25) is 4.79 Å². The number of fused-ring (bicyclic) bond motifs is 1. The molecule has 0 unspecified atom stereocenters. The number of aryl methyl sites for hydroxylation is 1. The van der Waals surface area contributed by atoms with Crippen molar-refractivity contribution in [2.45, 2.75) is 44.6 Å². The summed E-state index contributed by atoms with van der Waals surface area (Å²) in [5, 5.41) is 7.70. The summed E-state index contributed by atoms with van der Waals surface area (Å²) in [5.41, 5.74) is 1.88. The molecule has 1 saturated carbocycles. The smallest absolute Gasteiger partial charge is 0.225 e. The van der Waals surface area contributed by atoms with Gasteiger partial charge in [-0.25, -0.2) is 9.97 Å². The fourth-order valence-electron chi connectivity index (χ4n) is 4.17. The van der Waals surface area contributed by atoms with Crippen molar-refractivity contribution in [3.8, 4) is 0 Å². The number of aromatic nitrogens is 4. The summed E-state index contributed by atoms with van der Waals surface area (Å²) in [4.78, 5) is 30.7. The van der Waals surface area contributed by atoms with E-state index < -0.39 is 0 Å². The monoisotopic (exact) mass is 421 g/mol. The number of carbonyl (C=O) groups is 1. The van der Waals surface area contributed by atoms with E-state index in [4.69, 9.17) is 9.97 Å². The number of nitrogens with one attached hydrogen (secondary N) is 3. The number of anilines is 2. The van der Waals surface area contributed by atoms with Crippen LogP contribution in [0.2, 0.25) is 0 Å². The molecule has 0 radical (unpaired) electrons. The number of amides is 1. The van der Waals surface area contributed by atoms with Gasteiger partial charge in [0.15, 0.2) is 0 Å². The molecule has 0 saturated heterocycles. The molecule has 4 rings (SSSR count). The third-order valence-corrected chi connectivity index (χ3v) is 5.94. The summed E-state index contributed by atoms with van der Waals surface area (Å²) in [5.74, 6) is 2.25. The van der Waals surface area contributed by atoms with Crippen LogP contribution in [0, 0.1) is 5.92 Å². The number of aromatic amines is 1. The molecule has 0 atom stereocenters. The summed E-state index contributed by atoms with van der Waals surface area (Å²) >= 11 is 0. The van der Waals surface area contributed by atoms with Crippen molar-refractivity contribution < 1.29 is 4.79 Å². The Morgan fingerprint density at radius 2 is 1.97 bits per heavy atom. The Balaban J connectivity index is 1.25. The van der Waals surface area contributed by atoms with E-state index >= 15 is 0 Å². The highest BCUT2D eigenvalue weighted by Crippen LogP contribution is 2.28. The van der Waals surface area contributed by atoms with Crippen LogP contribution < -0.4 is 15.5 Å². The highest BCUT2D eigenvalue weighted by atomic mass is 16.1. The number of rotatable bonds is 8. The van der Waals surface area contributed by atoms with Crippen LogP contribution in [-0.4, -0.2) is 52.5 Å². The number of benzene rings is 1. The van der Waals surface area contributed by atoms with E-state index in [9.17, 15) is 4.79 Å². The molecule has 1 amide bonds. The number of hydrogen-bond acceptors (Lipinski definition) is 6. The van der Waals surface area contributed by atoms with Crippen molar-refractivity contribution >= 4 is 28.6 Å². The van der Waals surface area contributed by atoms with Crippen molar-refractivity contribution in [2.75, 3.05) is 30.9 Å². The molecule has 0 bridgehead atoms. The second kappa shape index (κ2) is 9.76. The first-order valence-electron chi connectivity index (χ1n) is 11.0. The first kappa shape index (κ1) is 21.1. The van der Waals surface area contributed by atoms with Crippen LogP contribution >= 0.6 is 0 Å². The second-order valence-corrected chi connectivity index (χ2v) is 8.51.